The van der Waals surface area contributed by atoms with Crippen LogP contribution in [0.3, 0.4) is 0 Å². The lowest BCUT2D eigenvalue weighted by atomic mass is 10.0. The van der Waals surface area contributed by atoms with Crippen LogP contribution < -0.4 is 15.4 Å². The molecule has 2 rings (SSSR count). The summed E-state index contributed by atoms with van der Waals surface area (Å²) in [7, 11) is 0. The predicted octanol–water partition coefficient (Wildman–Crippen LogP) is 2.91. The van der Waals surface area contributed by atoms with E-state index in [1.54, 1.807) is 0 Å². The minimum atomic E-state index is -4.74. The number of hydrogen-bond donors (Lipinski definition) is 4. The molecule has 0 spiro atoms. The van der Waals surface area contributed by atoms with Gasteiger partial charge in [0.05, 0.1) is 12.1 Å². The first kappa shape index (κ1) is 21.5. The van der Waals surface area contributed by atoms with Crippen molar-refractivity contribution in [3.63, 3.8) is 0 Å². The smallest absolute Gasteiger partial charge is 0.465 e. The number of benzene rings is 2. The third-order valence-electron chi connectivity index (χ3n) is 3.91. The minimum Gasteiger partial charge on any atom is -0.465 e. The standard InChI is InChI=1S/C19H21F3N2O4/c20-19(21,22)28-15-8-6-14(7-9-15)11-23-12-17(25)16(24-18(26)27)10-13-4-2-1-3-5-13/h1-9,16-17,23-25H,10-12H2,(H,26,27). The third-order valence-corrected chi connectivity index (χ3v) is 3.91. The van der Waals surface area contributed by atoms with Gasteiger partial charge in [0.1, 0.15) is 5.75 Å². The van der Waals surface area contributed by atoms with Gasteiger partial charge in [-0.15, -0.1) is 13.2 Å². The second-order valence-corrected chi connectivity index (χ2v) is 6.14. The Morgan fingerprint density at radius 1 is 1.04 bits per heavy atom. The molecule has 0 saturated carbocycles. The van der Waals surface area contributed by atoms with Crippen molar-refractivity contribution in [2.75, 3.05) is 6.54 Å². The number of carbonyl (C=O) groups is 1. The molecule has 28 heavy (non-hydrogen) atoms. The first-order chi connectivity index (χ1) is 13.2. The summed E-state index contributed by atoms with van der Waals surface area (Å²) in [5.74, 6) is -0.315. The number of carboxylic acid groups (broad SMARTS) is 1. The van der Waals surface area contributed by atoms with Crippen molar-refractivity contribution in [3.05, 3.63) is 65.7 Å². The number of ether oxygens (including phenoxy) is 1. The van der Waals surface area contributed by atoms with E-state index in [4.69, 9.17) is 5.11 Å². The number of nitrogens with one attached hydrogen (secondary N) is 2. The van der Waals surface area contributed by atoms with Gasteiger partial charge in [0.15, 0.2) is 0 Å². The maximum Gasteiger partial charge on any atom is 0.573 e. The van der Waals surface area contributed by atoms with Crippen LogP contribution in [0, 0.1) is 0 Å². The fourth-order valence-corrected chi connectivity index (χ4v) is 2.63. The average Bonchev–Trinajstić information content (AvgIpc) is 2.62. The van der Waals surface area contributed by atoms with E-state index in [1.165, 1.54) is 24.3 Å². The van der Waals surface area contributed by atoms with E-state index in [2.05, 4.69) is 15.4 Å². The third kappa shape index (κ3) is 7.85. The second kappa shape index (κ2) is 9.95. The van der Waals surface area contributed by atoms with Gasteiger partial charge < -0.3 is 25.6 Å². The maximum atomic E-state index is 12.1. The fourth-order valence-electron chi connectivity index (χ4n) is 2.63. The van der Waals surface area contributed by atoms with Gasteiger partial charge in [0.2, 0.25) is 0 Å². The quantitative estimate of drug-likeness (QED) is 0.522. The Bertz CT molecular complexity index is 739. The van der Waals surface area contributed by atoms with Crippen molar-refractivity contribution in [1.29, 1.82) is 0 Å². The molecule has 6 nitrogen and oxygen atoms in total. The largest absolute Gasteiger partial charge is 0.573 e. The lowest BCUT2D eigenvalue weighted by Gasteiger charge is -2.23. The number of hydrogen-bond acceptors (Lipinski definition) is 4. The van der Waals surface area contributed by atoms with Gasteiger partial charge in [0, 0.05) is 13.1 Å². The lowest BCUT2D eigenvalue weighted by Crippen LogP contribution is -2.48. The molecule has 152 valence electrons. The van der Waals surface area contributed by atoms with Crippen molar-refractivity contribution >= 4 is 6.09 Å². The van der Waals surface area contributed by atoms with Gasteiger partial charge >= 0.3 is 12.5 Å². The van der Waals surface area contributed by atoms with Crippen LogP contribution in [-0.4, -0.2) is 41.4 Å². The summed E-state index contributed by atoms with van der Waals surface area (Å²) in [6.45, 7) is 0.382. The first-order valence-electron chi connectivity index (χ1n) is 8.50. The molecule has 0 radical (unpaired) electrons. The normalized spacial score (nSPS) is 13.6. The molecule has 0 aromatic heterocycles. The highest BCUT2D eigenvalue weighted by Gasteiger charge is 2.30. The van der Waals surface area contributed by atoms with Gasteiger partial charge in [-0.3, -0.25) is 0 Å². The van der Waals surface area contributed by atoms with Crippen LogP contribution >= 0.6 is 0 Å². The topological polar surface area (TPSA) is 90.8 Å². The zero-order valence-corrected chi connectivity index (χ0v) is 14.8. The zero-order valence-electron chi connectivity index (χ0n) is 14.8. The molecule has 9 heteroatoms. The van der Waals surface area contributed by atoms with Gasteiger partial charge in [-0.25, -0.2) is 4.79 Å². The van der Waals surface area contributed by atoms with Crippen LogP contribution in [0.15, 0.2) is 54.6 Å². The molecule has 4 N–H and O–H groups in total. The van der Waals surface area contributed by atoms with Crippen LogP contribution in [0.5, 0.6) is 5.75 Å². The molecule has 0 saturated heterocycles. The van der Waals surface area contributed by atoms with Crippen LogP contribution in [0.1, 0.15) is 11.1 Å². The first-order valence-corrected chi connectivity index (χ1v) is 8.50. The number of amides is 1. The molecule has 0 aliphatic carbocycles. The highest BCUT2D eigenvalue weighted by molar-refractivity contribution is 5.65. The Labute approximate surface area is 160 Å². The molecule has 2 atom stereocenters. The summed E-state index contributed by atoms with van der Waals surface area (Å²) in [5.41, 5.74) is 1.56. The highest BCUT2D eigenvalue weighted by Crippen LogP contribution is 2.22. The van der Waals surface area contributed by atoms with E-state index in [0.29, 0.717) is 12.0 Å². The maximum absolute atomic E-state index is 12.1. The van der Waals surface area contributed by atoms with Crippen LogP contribution in [0.4, 0.5) is 18.0 Å². The van der Waals surface area contributed by atoms with E-state index in [-0.39, 0.29) is 18.8 Å². The van der Waals surface area contributed by atoms with E-state index >= 15 is 0 Å². The van der Waals surface area contributed by atoms with Crippen LogP contribution in [0.25, 0.3) is 0 Å². The van der Waals surface area contributed by atoms with Gasteiger partial charge in [0.25, 0.3) is 0 Å². The van der Waals surface area contributed by atoms with Crippen LogP contribution in [0.2, 0.25) is 0 Å². The Hall–Kier alpha value is -2.78. The number of rotatable bonds is 9. The van der Waals surface area contributed by atoms with Crippen LogP contribution in [-0.2, 0) is 13.0 Å². The molecular weight excluding hydrogens is 377 g/mol. The summed E-state index contributed by atoms with van der Waals surface area (Å²) in [5, 5.41) is 24.6. The van der Waals surface area contributed by atoms with E-state index in [0.717, 1.165) is 5.56 Å². The SMILES string of the molecule is O=C(O)NC(Cc1ccccc1)C(O)CNCc1ccc(OC(F)(F)F)cc1. The molecular formula is C19H21F3N2O4. The van der Waals surface area contributed by atoms with Crippen molar-refractivity contribution in [3.8, 4) is 5.75 Å². The molecule has 2 aromatic rings. The molecule has 0 aliphatic heterocycles. The Morgan fingerprint density at radius 3 is 2.25 bits per heavy atom. The van der Waals surface area contributed by atoms with Gasteiger partial charge in [-0.2, -0.15) is 0 Å². The van der Waals surface area contributed by atoms with E-state index in [9.17, 15) is 23.1 Å². The molecule has 0 heterocycles. The van der Waals surface area contributed by atoms with Gasteiger partial charge in [-0.05, 0) is 29.7 Å². The monoisotopic (exact) mass is 398 g/mol. The Balaban J connectivity index is 1.86. The summed E-state index contributed by atoms with van der Waals surface area (Å²) >= 11 is 0. The van der Waals surface area contributed by atoms with E-state index < -0.39 is 24.6 Å². The minimum absolute atomic E-state index is 0.0958. The Morgan fingerprint density at radius 2 is 1.68 bits per heavy atom. The molecule has 0 aliphatic rings. The summed E-state index contributed by atoms with van der Waals surface area (Å²) in [4.78, 5) is 11.0. The molecule has 2 aromatic carbocycles. The fraction of sp³-hybridized carbons (Fsp3) is 0.316. The summed E-state index contributed by atoms with van der Waals surface area (Å²) in [6, 6.07) is 13.8. The summed E-state index contributed by atoms with van der Waals surface area (Å²) < 4.78 is 40.2. The molecule has 1 amide bonds. The lowest BCUT2D eigenvalue weighted by molar-refractivity contribution is -0.274. The van der Waals surface area contributed by atoms with Crippen molar-refractivity contribution in [2.45, 2.75) is 31.5 Å². The molecule has 0 bridgehead atoms. The highest BCUT2D eigenvalue weighted by atomic mass is 19.4. The molecule has 0 fully saturated rings. The average molecular weight is 398 g/mol. The number of aliphatic hydroxyl groups is 1. The summed E-state index contributed by atoms with van der Waals surface area (Å²) in [6.07, 6.45) is -6.65. The van der Waals surface area contributed by atoms with Gasteiger partial charge in [-0.1, -0.05) is 42.5 Å². The number of halogens is 3. The van der Waals surface area contributed by atoms with Crippen molar-refractivity contribution < 1.29 is 32.9 Å². The van der Waals surface area contributed by atoms with E-state index in [1.807, 2.05) is 30.3 Å². The predicted molar refractivity (Wildman–Crippen MR) is 95.9 cm³/mol. The number of alkyl halides is 3. The van der Waals surface area contributed by atoms with Crippen molar-refractivity contribution in [2.24, 2.45) is 0 Å². The Kier molecular flexibility index (Phi) is 7.65. The zero-order chi connectivity index (χ0) is 20.6. The second-order valence-electron chi connectivity index (χ2n) is 6.14. The number of aliphatic hydroxyl groups excluding tert-OH is 1. The molecule has 2 unspecified atom stereocenters. The van der Waals surface area contributed by atoms with Crippen molar-refractivity contribution in [1.82, 2.24) is 10.6 Å².